The fourth-order valence-electron chi connectivity index (χ4n) is 4.03. The second-order valence-corrected chi connectivity index (χ2v) is 10.5. The molecule has 5 aromatic carbocycles. The highest BCUT2D eigenvalue weighted by Crippen LogP contribution is 2.45. The van der Waals surface area contributed by atoms with Crippen molar-refractivity contribution in [3.8, 4) is 11.5 Å². The molecule has 0 bridgehead atoms. The number of aryl methyl sites for hydroxylation is 1. The van der Waals surface area contributed by atoms with E-state index in [1.165, 1.54) is 6.07 Å². The van der Waals surface area contributed by atoms with Crippen LogP contribution in [0.15, 0.2) is 121 Å². The molecule has 0 saturated carbocycles. The number of hydrogen-bond donors (Lipinski definition) is 5. The number of para-hydroxylation sites is 1. The average molecular weight is 634 g/mol. The van der Waals surface area contributed by atoms with Gasteiger partial charge in [0.1, 0.15) is 17.1 Å². The number of nitrogens with zero attached hydrogens (tertiary/aromatic N) is 4. The van der Waals surface area contributed by atoms with E-state index in [0.717, 1.165) is 23.4 Å². The highest BCUT2D eigenvalue weighted by Gasteiger charge is 2.16. The van der Waals surface area contributed by atoms with Crippen LogP contribution in [-0.2, 0) is 18.7 Å². The first kappa shape index (κ1) is 30.9. The zero-order chi connectivity index (χ0) is 30.9. The summed E-state index contributed by atoms with van der Waals surface area (Å²) >= 11 is 1.44. The van der Waals surface area contributed by atoms with Crippen molar-refractivity contribution < 1.29 is 39.5 Å². The average Bonchev–Trinajstić information content (AvgIpc) is 3.04. The summed E-state index contributed by atoms with van der Waals surface area (Å²) < 4.78 is 9.02. The summed E-state index contributed by atoms with van der Waals surface area (Å²) in [5.41, 5.74) is 3.40. The molecule has 0 amide bonds. The van der Waals surface area contributed by atoms with Crippen molar-refractivity contribution in [2.24, 2.45) is 20.5 Å². The molecule has 0 aliphatic carbocycles. The predicted molar refractivity (Wildman–Crippen MR) is 164 cm³/mol. The van der Waals surface area contributed by atoms with Crippen LogP contribution < -0.4 is 5.32 Å². The van der Waals surface area contributed by atoms with Gasteiger partial charge in [-0.05, 0) is 84.6 Å². The van der Waals surface area contributed by atoms with Crippen LogP contribution in [0.5, 0.6) is 11.5 Å². The second-order valence-electron chi connectivity index (χ2n) is 8.97. The smallest absolute Gasteiger partial charge is 0.152 e. The molecule has 0 aromatic heterocycles. The van der Waals surface area contributed by atoms with E-state index in [2.05, 4.69) is 44.5 Å². The minimum atomic E-state index is -0.220. The van der Waals surface area contributed by atoms with Gasteiger partial charge in [0.15, 0.2) is 5.75 Å². The maximum absolute atomic E-state index is 11.1. The number of hydrogen-bond acceptors (Lipinski definition) is 15. The Morgan fingerprint density at radius 3 is 2.16 bits per heavy atom. The van der Waals surface area contributed by atoms with Gasteiger partial charge in [0.25, 0.3) is 0 Å². The molecule has 0 aliphatic rings. The van der Waals surface area contributed by atoms with Crippen LogP contribution in [0, 0.1) is 6.92 Å². The quantitative estimate of drug-likeness (QED) is 0.0382. The number of benzene rings is 5. The van der Waals surface area contributed by atoms with Gasteiger partial charge in [0.2, 0.25) is 0 Å². The molecular weight excluding hydrogens is 610 g/mol. The zero-order valence-electron chi connectivity index (χ0n) is 22.7. The number of anilines is 2. The first-order valence-corrected chi connectivity index (χ1v) is 14.1. The van der Waals surface area contributed by atoms with Crippen molar-refractivity contribution in [2.75, 3.05) is 5.32 Å². The van der Waals surface area contributed by atoms with Crippen LogP contribution in [0.3, 0.4) is 0 Å². The first-order chi connectivity index (χ1) is 21.4. The highest BCUT2D eigenvalue weighted by molar-refractivity contribution is 7.94. The fraction of sp³-hybridized carbons (Fsp3) is 0.0345. The lowest BCUT2D eigenvalue weighted by Gasteiger charge is -2.12. The molecule has 44 heavy (non-hydrogen) atoms. The van der Waals surface area contributed by atoms with E-state index >= 15 is 0 Å². The van der Waals surface area contributed by atoms with Crippen molar-refractivity contribution in [3.63, 3.8) is 0 Å². The van der Waals surface area contributed by atoms with Gasteiger partial charge >= 0.3 is 0 Å². The number of azo groups is 2. The molecule has 0 spiro atoms. The Hall–Kier alpha value is -4.58. The summed E-state index contributed by atoms with van der Waals surface area (Å²) in [7, 11) is 0. The summed E-state index contributed by atoms with van der Waals surface area (Å²) in [6, 6.07) is 26.4. The van der Waals surface area contributed by atoms with Crippen LogP contribution in [0.25, 0.3) is 10.8 Å². The Kier molecular flexibility index (Phi) is 10.3. The number of nitrogens with one attached hydrogen (secondary N) is 1. The van der Waals surface area contributed by atoms with Crippen LogP contribution in [0.1, 0.15) is 5.56 Å². The summed E-state index contributed by atoms with van der Waals surface area (Å²) in [6.07, 6.45) is 0. The third-order valence-corrected chi connectivity index (χ3v) is 7.30. The Morgan fingerprint density at radius 2 is 1.41 bits per heavy atom. The number of rotatable bonds is 12. The molecule has 5 rings (SSSR count). The summed E-state index contributed by atoms with van der Waals surface area (Å²) in [5, 5.41) is 67.3. The lowest BCUT2D eigenvalue weighted by molar-refractivity contribution is -0.432. The molecule has 0 fully saturated rings. The molecule has 15 heteroatoms. The van der Waals surface area contributed by atoms with E-state index in [1.54, 1.807) is 49.4 Å². The molecule has 0 heterocycles. The SMILES string of the molecule is Cc1cc(N=Nc2c(SOOO)cc3cc(Nc4ccccc4)ccc3c2O)c(O)cc1N=Nc1ccc(SOOO)cc1. The van der Waals surface area contributed by atoms with Crippen molar-refractivity contribution in [3.05, 3.63) is 96.6 Å². The van der Waals surface area contributed by atoms with Gasteiger partial charge in [-0.2, -0.15) is 10.2 Å². The number of phenols is 2. The van der Waals surface area contributed by atoms with E-state index in [4.69, 9.17) is 10.5 Å². The molecule has 0 atom stereocenters. The normalized spacial score (nSPS) is 11.6. The van der Waals surface area contributed by atoms with Crippen LogP contribution in [-0.4, -0.2) is 20.7 Å². The molecule has 0 unspecified atom stereocenters. The first-order valence-electron chi connectivity index (χ1n) is 12.6. The lowest BCUT2D eigenvalue weighted by atomic mass is 10.1. The Morgan fingerprint density at radius 1 is 0.682 bits per heavy atom. The molecular formula is C29H23N5O8S2. The largest absolute Gasteiger partial charge is 0.506 e. The molecule has 5 aromatic rings. The van der Waals surface area contributed by atoms with Gasteiger partial charge in [-0.1, -0.05) is 28.3 Å². The van der Waals surface area contributed by atoms with Crippen molar-refractivity contribution >= 4 is 69.0 Å². The van der Waals surface area contributed by atoms with E-state index in [1.807, 2.05) is 42.5 Å². The third kappa shape index (κ3) is 7.67. The number of aromatic hydroxyl groups is 2. The topological polar surface area (TPSA) is 179 Å². The van der Waals surface area contributed by atoms with Gasteiger partial charge in [-0.15, -0.1) is 18.9 Å². The van der Waals surface area contributed by atoms with E-state index in [9.17, 15) is 10.2 Å². The van der Waals surface area contributed by atoms with Crippen LogP contribution >= 0.6 is 24.1 Å². The van der Waals surface area contributed by atoms with Crippen LogP contribution in [0.4, 0.5) is 34.1 Å². The Labute approximate surface area is 258 Å². The summed E-state index contributed by atoms with van der Waals surface area (Å²) in [6.45, 7) is 1.76. The predicted octanol–water partition coefficient (Wildman–Crippen LogP) is 9.99. The molecule has 0 aliphatic heterocycles. The standard InChI is InChI=1S/C29H23N5O8S2/c1-17-13-25(26(35)16-24(17)32-31-20-7-10-22(11-8-20)43-41-39-37)33-34-28-27(44-42-40-38)15-18-14-21(9-12-23(18)29(28)36)30-19-5-3-2-4-6-19/h2-16,30,35-38H,1H3. The van der Waals surface area contributed by atoms with Gasteiger partial charge in [-0.25, -0.2) is 10.5 Å². The molecule has 5 N–H and O–H groups in total. The van der Waals surface area contributed by atoms with Crippen molar-refractivity contribution in [1.82, 2.24) is 0 Å². The van der Waals surface area contributed by atoms with Gasteiger partial charge in [0.05, 0.1) is 40.4 Å². The fourth-order valence-corrected chi connectivity index (χ4v) is 4.88. The van der Waals surface area contributed by atoms with Gasteiger partial charge < -0.3 is 15.5 Å². The number of fused-ring (bicyclic) bond motifs is 1. The Bertz CT molecular complexity index is 1810. The third-order valence-electron chi connectivity index (χ3n) is 6.09. The zero-order valence-corrected chi connectivity index (χ0v) is 24.3. The maximum atomic E-state index is 11.1. The van der Waals surface area contributed by atoms with Crippen molar-refractivity contribution in [1.29, 1.82) is 0 Å². The maximum Gasteiger partial charge on any atom is 0.152 e. The van der Waals surface area contributed by atoms with E-state index in [0.29, 0.717) is 44.6 Å². The van der Waals surface area contributed by atoms with Crippen molar-refractivity contribution in [2.45, 2.75) is 16.7 Å². The van der Waals surface area contributed by atoms with Crippen LogP contribution in [0.2, 0.25) is 0 Å². The van der Waals surface area contributed by atoms with Gasteiger partial charge in [0, 0.05) is 27.7 Å². The Balaban J connectivity index is 1.40. The van der Waals surface area contributed by atoms with Gasteiger partial charge in [-0.3, -0.25) is 0 Å². The lowest BCUT2D eigenvalue weighted by Crippen LogP contribution is -1.90. The molecule has 0 saturated heterocycles. The summed E-state index contributed by atoms with van der Waals surface area (Å²) in [5.74, 6) is -0.412. The van der Waals surface area contributed by atoms with E-state index < -0.39 is 0 Å². The molecule has 0 radical (unpaired) electrons. The van der Waals surface area contributed by atoms with E-state index in [-0.39, 0.29) is 27.8 Å². The minimum Gasteiger partial charge on any atom is -0.506 e. The number of phenolic OH excluding ortho intramolecular Hbond substituents is 2. The summed E-state index contributed by atoms with van der Waals surface area (Å²) in [4.78, 5) is 0.951. The molecule has 13 nitrogen and oxygen atoms in total. The highest BCUT2D eigenvalue weighted by atomic mass is 32.2. The minimum absolute atomic E-state index is 0.0293. The molecule has 224 valence electrons. The monoisotopic (exact) mass is 633 g/mol. The second kappa shape index (κ2) is 14.7.